The van der Waals surface area contributed by atoms with Crippen LogP contribution in [-0.4, -0.2) is 7.05 Å². The number of aryl methyl sites for hydroxylation is 1. The number of furan rings is 1. The molecule has 0 saturated heterocycles. The Kier molecular flexibility index (Phi) is 4.27. The maximum absolute atomic E-state index is 5.72. The standard InChI is InChI=1S/C17H20BrNO/c1-19-15(16-9-10-17(18)20-16)11-13-7-4-6-12-5-2-3-8-14(12)13/h2-3,5,8-10,13,15,19H,4,6-7,11H2,1H3. The second-order valence-corrected chi connectivity index (χ2v) is 6.29. The summed E-state index contributed by atoms with van der Waals surface area (Å²) in [5, 5.41) is 3.40. The van der Waals surface area contributed by atoms with Crippen LogP contribution in [-0.2, 0) is 6.42 Å². The van der Waals surface area contributed by atoms with E-state index in [2.05, 4.69) is 51.6 Å². The quantitative estimate of drug-likeness (QED) is 0.868. The van der Waals surface area contributed by atoms with Crippen LogP contribution < -0.4 is 5.32 Å². The molecule has 2 nitrogen and oxygen atoms in total. The van der Waals surface area contributed by atoms with Gasteiger partial charge in [-0.25, -0.2) is 0 Å². The molecule has 1 aliphatic rings. The number of nitrogens with one attached hydrogen (secondary N) is 1. The summed E-state index contributed by atoms with van der Waals surface area (Å²) in [6.07, 6.45) is 4.88. The highest BCUT2D eigenvalue weighted by atomic mass is 79.9. The molecule has 0 saturated carbocycles. The molecule has 3 heteroatoms. The second kappa shape index (κ2) is 6.15. The van der Waals surface area contributed by atoms with Crippen molar-refractivity contribution in [3.63, 3.8) is 0 Å². The molecule has 1 heterocycles. The molecule has 1 aromatic carbocycles. The van der Waals surface area contributed by atoms with Gasteiger partial charge in [-0.2, -0.15) is 0 Å². The maximum Gasteiger partial charge on any atom is 0.169 e. The van der Waals surface area contributed by atoms with Crippen LogP contribution >= 0.6 is 15.9 Å². The Bertz CT molecular complexity index is 578. The first-order valence-electron chi connectivity index (χ1n) is 7.28. The highest BCUT2D eigenvalue weighted by Gasteiger charge is 2.24. The molecule has 1 aromatic heterocycles. The Labute approximate surface area is 128 Å². The zero-order chi connectivity index (χ0) is 13.9. The molecule has 0 radical (unpaired) electrons. The van der Waals surface area contributed by atoms with Gasteiger partial charge in [-0.3, -0.25) is 0 Å². The highest BCUT2D eigenvalue weighted by molar-refractivity contribution is 9.10. The summed E-state index contributed by atoms with van der Waals surface area (Å²) < 4.78 is 6.52. The Morgan fingerprint density at radius 1 is 1.30 bits per heavy atom. The van der Waals surface area contributed by atoms with E-state index >= 15 is 0 Å². The number of halogens is 1. The van der Waals surface area contributed by atoms with Crippen molar-refractivity contribution in [1.29, 1.82) is 0 Å². The predicted octanol–water partition coefficient (Wildman–Crippen LogP) is 4.81. The van der Waals surface area contributed by atoms with Crippen molar-refractivity contribution in [3.8, 4) is 0 Å². The van der Waals surface area contributed by atoms with Gasteiger partial charge in [0.2, 0.25) is 0 Å². The van der Waals surface area contributed by atoms with Crippen LogP contribution in [0.4, 0.5) is 0 Å². The zero-order valence-corrected chi connectivity index (χ0v) is 13.3. The van der Waals surface area contributed by atoms with Gasteiger partial charge in [0.15, 0.2) is 4.67 Å². The van der Waals surface area contributed by atoms with Crippen molar-refractivity contribution >= 4 is 15.9 Å². The lowest BCUT2D eigenvalue weighted by atomic mass is 9.79. The lowest BCUT2D eigenvalue weighted by molar-refractivity contribution is 0.369. The molecule has 106 valence electrons. The van der Waals surface area contributed by atoms with Crippen LogP contribution in [0.3, 0.4) is 0 Å². The Morgan fingerprint density at radius 2 is 2.15 bits per heavy atom. The number of hydrogen-bond acceptors (Lipinski definition) is 2. The summed E-state index contributed by atoms with van der Waals surface area (Å²) in [7, 11) is 2.01. The number of fused-ring (bicyclic) bond motifs is 1. The van der Waals surface area contributed by atoms with E-state index in [1.54, 1.807) is 0 Å². The van der Waals surface area contributed by atoms with Crippen LogP contribution in [0.2, 0.25) is 0 Å². The van der Waals surface area contributed by atoms with Crippen molar-refractivity contribution in [2.45, 2.75) is 37.6 Å². The van der Waals surface area contributed by atoms with Gasteiger partial charge in [0.25, 0.3) is 0 Å². The first kappa shape index (κ1) is 13.9. The average Bonchev–Trinajstić information content (AvgIpc) is 2.91. The number of rotatable bonds is 4. The molecule has 2 atom stereocenters. The molecule has 2 unspecified atom stereocenters. The molecule has 0 bridgehead atoms. The smallest absolute Gasteiger partial charge is 0.169 e. The van der Waals surface area contributed by atoms with Gasteiger partial charge in [-0.1, -0.05) is 24.3 Å². The van der Waals surface area contributed by atoms with E-state index in [0.29, 0.717) is 5.92 Å². The maximum atomic E-state index is 5.72. The minimum atomic E-state index is 0.275. The summed E-state index contributed by atoms with van der Waals surface area (Å²) in [6.45, 7) is 0. The summed E-state index contributed by atoms with van der Waals surface area (Å²) in [5.74, 6) is 1.64. The largest absolute Gasteiger partial charge is 0.453 e. The third-order valence-electron chi connectivity index (χ3n) is 4.30. The number of hydrogen-bond donors (Lipinski definition) is 1. The van der Waals surface area contributed by atoms with Crippen molar-refractivity contribution in [2.24, 2.45) is 0 Å². The minimum absolute atomic E-state index is 0.275. The molecular weight excluding hydrogens is 314 g/mol. The summed E-state index contributed by atoms with van der Waals surface area (Å²) in [6, 6.07) is 13.2. The van der Waals surface area contributed by atoms with Crippen LogP contribution in [0.25, 0.3) is 0 Å². The van der Waals surface area contributed by atoms with Gasteiger partial charge in [0.1, 0.15) is 5.76 Å². The van der Waals surface area contributed by atoms with E-state index in [1.165, 1.54) is 30.4 Å². The monoisotopic (exact) mass is 333 g/mol. The lowest BCUT2D eigenvalue weighted by Gasteiger charge is -2.28. The molecule has 20 heavy (non-hydrogen) atoms. The molecule has 0 fully saturated rings. The average molecular weight is 334 g/mol. The third kappa shape index (κ3) is 2.84. The summed E-state index contributed by atoms with van der Waals surface area (Å²) in [5.41, 5.74) is 3.06. The third-order valence-corrected chi connectivity index (χ3v) is 4.73. The van der Waals surface area contributed by atoms with Crippen molar-refractivity contribution in [1.82, 2.24) is 5.32 Å². The summed E-state index contributed by atoms with van der Waals surface area (Å²) >= 11 is 3.39. The molecular formula is C17H20BrNO. The van der Waals surface area contributed by atoms with E-state index in [9.17, 15) is 0 Å². The molecule has 2 aromatic rings. The van der Waals surface area contributed by atoms with Gasteiger partial charge in [0, 0.05) is 0 Å². The molecule has 3 rings (SSSR count). The van der Waals surface area contributed by atoms with Crippen LogP contribution in [0.1, 0.15) is 48.1 Å². The van der Waals surface area contributed by atoms with E-state index in [4.69, 9.17) is 4.42 Å². The number of benzene rings is 1. The molecule has 1 aliphatic carbocycles. The van der Waals surface area contributed by atoms with Crippen LogP contribution in [0, 0.1) is 0 Å². The SMILES string of the molecule is CNC(CC1CCCc2ccccc21)c1ccc(Br)o1. The molecule has 1 N–H and O–H groups in total. The fourth-order valence-electron chi connectivity index (χ4n) is 3.28. The van der Waals surface area contributed by atoms with Gasteiger partial charge in [-0.15, -0.1) is 0 Å². The van der Waals surface area contributed by atoms with E-state index < -0.39 is 0 Å². The molecule has 0 spiro atoms. The van der Waals surface area contributed by atoms with E-state index in [-0.39, 0.29) is 6.04 Å². The second-order valence-electron chi connectivity index (χ2n) is 5.51. The lowest BCUT2D eigenvalue weighted by Crippen LogP contribution is -2.21. The van der Waals surface area contributed by atoms with E-state index in [0.717, 1.165) is 16.9 Å². The first-order valence-corrected chi connectivity index (χ1v) is 8.07. The minimum Gasteiger partial charge on any atom is -0.453 e. The Balaban J connectivity index is 1.80. The fraction of sp³-hybridized carbons (Fsp3) is 0.412. The predicted molar refractivity (Wildman–Crippen MR) is 84.9 cm³/mol. The molecule has 0 amide bonds. The zero-order valence-electron chi connectivity index (χ0n) is 11.7. The van der Waals surface area contributed by atoms with Crippen molar-refractivity contribution in [3.05, 3.63) is 58.0 Å². The van der Waals surface area contributed by atoms with Crippen LogP contribution in [0.15, 0.2) is 45.5 Å². The van der Waals surface area contributed by atoms with Crippen molar-refractivity contribution in [2.75, 3.05) is 7.05 Å². The van der Waals surface area contributed by atoms with Crippen molar-refractivity contribution < 1.29 is 4.42 Å². The Morgan fingerprint density at radius 3 is 2.90 bits per heavy atom. The summed E-state index contributed by atoms with van der Waals surface area (Å²) in [4.78, 5) is 0. The van der Waals surface area contributed by atoms with Gasteiger partial charge < -0.3 is 9.73 Å². The Hall–Kier alpha value is -1.06. The van der Waals surface area contributed by atoms with Gasteiger partial charge >= 0.3 is 0 Å². The fourth-order valence-corrected chi connectivity index (χ4v) is 3.59. The van der Waals surface area contributed by atoms with E-state index in [1.807, 2.05) is 13.1 Å². The van der Waals surface area contributed by atoms with Gasteiger partial charge in [-0.05, 0) is 77.8 Å². The van der Waals surface area contributed by atoms with Gasteiger partial charge in [0.05, 0.1) is 6.04 Å². The highest BCUT2D eigenvalue weighted by Crippen LogP contribution is 2.38. The normalized spacial score (nSPS) is 19.6. The topological polar surface area (TPSA) is 25.2 Å². The molecule has 0 aliphatic heterocycles. The van der Waals surface area contributed by atoms with Crippen LogP contribution in [0.5, 0.6) is 0 Å². The first-order chi connectivity index (χ1) is 9.78.